The summed E-state index contributed by atoms with van der Waals surface area (Å²) in [7, 11) is 0. The van der Waals surface area contributed by atoms with E-state index in [-0.39, 0.29) is 22.4 Å². The van der Waals surface area contributed by atoms with Crippen LogP contribution < -0.4 is 4.74 Å². The Hall–Kier alpha value is -3.48. The largest absolute Gasteiger partial charge is 0.427 e. The van der Waals surface area contributed by atoms with Crippen LogP contribution in [0.4, 0.5) is 0 Å². The summed E-state index contributed by atoms with van der Waals surface area (Å²) in [6, 6.07) is 11.8. The minimum Gasteiger partial charge on any atom is -0.427 e. The number of nitrogens with zero attached hydrogens (tertiary/aromatic N) is 1. The zero-order valence-electron chi connectivity index (χ0n) is 12.5. The Kier molecular flexibility index (Phi) is 3.83. The first kappa shape index (κ1) is 15.4. The summed E-state index contributed by atoms with van der Waals surface area (Å²) < 4.78 is 4.87. The fourth-order valence-corrected chi connectivity index (χ4v) is 2.24. The van der Waals surface area contributed by atoms with E-state index in [1.807, 2.05) is 0 Å². The molecule has 0 atom stereocenters. The number of rotatable bonds is 3. The summed E-state index contributed by atoms with van der Waals surface area (Å²) >= 11 is 0. The van der Waals surface area contributed by atoms with Gasteiger partial charge in [-0.15, -0.1) is 0 Å². The summed E-state index contributed by atoms with van der Waals surface area (Å²) in [5.41, 5.74) is 0.373. The first-order chi connectivity index (χ1) is 11.5. The second-order valence-electron chi connectivity index (χ2n) is 4.95. The molecule has 120 valence electrons. The van der Waals surface area contributed by atoms with Crippen LogP contribution in [0.5, 0.6) is 5.75 Å². The van der Waals surface area contributed by atoms with Crippen molar-refractivity contribution in [2.24, 2.45) is 0 Å². The molecule has 0 radical (unpaired) electrons. The molecule has 0 spiro atoms. The number of benzene rings is 2. The maximum absolute atomic E-state index is 12.2. The quantitative estimate of drug-likeness (QED) is 0.487. The van der Waals surface area contributed by atoms with Crippen molar-refractivity contribution in [2.75, 3.05) is 0 Å². The van der Waals surface area contributed by atoms with E-state index < -0.39 is 23.8 Å². The Morgan fingerprint density at radius 2 is 1.54 bits per heavy atom. The van der Waals surface area contributed by atoms with E-state index in [1.165, 1.54) is 43.3 Å². The number of hydroxylamine groups is 2. The number of imide groups is 1. The number of fused-ring (bicyclic) bond motifs is 1. The van der Waals surface area contributed by atoms with Gasteiger partial charge < -0.3 is 9.57 Å². The number of hydrogen-bond acceptors (Lipinski definition) is 6. The van der Waals surface area contributed by atoms with Crippen molar-refractivity contribution in [1.82, 2.24) is 5.06 Å². The minimum atomic E-state index is -0.918. The molecule has 7 heteroatoms. The van der Waals surface area contributed by atoms with Gasteiger partial charge in [0.05, 0.1) is 16.7 Å². The van der Waals surface area contributed by atoms with Gasteiger partial charge in [-0.1, -0.05) is 23.3 Å². The lowest BCUT2D eigenvalue weighted by Gasteiger charge is -2.13. The van der Waals surface area contributed by atoms with Gasteiger partial charge in [-0.05, 0) is 30.3 Å². The number of amides is 2. The summed E-state index contributed by atoms with van der Waals surface area (Å²) in [6.45, 7) is 1.23. The van der Waals surface area contributed by atoms with Crippen molar-refractivity contribution in [3.8, 4) is 5.75 Å². The molecule has 0 fully saturated rings. The number of hydrogen-bond donors (Lipinski definition) is 0. The van der Waals surface area contributed by atoms with Crippen LogP contribution in [0.1, 0.15) is 38.0 Å². The number of esters is 1. The highest BCUT2D eigenvalue weighted by molar-refractivity contribution is 6.21. The lowest BCUT2D eigenvalue weighted by molar-refractivity contribution is -0.131. The summed E-state index contributed by atoms with van der Waals surface area (Å²) in [5.74, 6) is -2.72. The SMILES string of the molecule is CC(=O)Oc1cccc(C(=O)ON2C(=O)c3ccccc3C2=O)c1. The smallest absolute Gasteiger partial charge is 0.364 e. The molecule has 1 heterocycles. The Balaban J connectivity index is 1.80. The molecule has 0 N–H and O–H groups in total. The van der Waals surface area contributed by atoms with Crippen molar-refractivity contribution >= 4 is 23.8 Å². The molecule has 0 aromatic heterocycles. The van der Waals surface area contributed by atoms with Crippen LogP contribution in [0.2, 0.25) is 0 Å². The molecule has 1 aliphatic heterocycles. The van der Waals surface area contributed by atoms with Crippen LogP contribution in [0.15, 0.2) is 48.5 Å². The number of ether oxygens (including phenoxy) is 1. The van der Waals surface area contributed by atoms with E-state index >= 15 is 0 Å². The summed E-state index contributed by atoms with van der Waals surface area (Å²) in [5, 5.41) is 0.422. The second-order valence-corrected chi connectivity index (χ2v) is 4.95. The zero-order chi connectivity index (χ0) is 17.3. The topological polar surface area (TPSA) is 90.0 Å². The van der Waals surface area contributed by atoms with Crippen molar-refractivity contribution in [1.29, 1.82) is 0 Å². The Morgan fingerprint density at radius 3 is 2.12 bits per heavy atom. The Morgan fingerprint density at radius 1 is 0.917 bits per heavy atom. The molecular weight excluding hydrogens is 314 g/mol. The third kappa shape index (κ3) is 2.74. The van der Waals surface area contributed by atoms with E-state index in [9.17, 15) is 19.2 Å². The molecule has 1 aliphatic rings. The van der Waals surface area contributed by atoms with Gasteiger partial charge >= 0.3 is 11.9 Å². The first-order valence-corrected chi connectivity index (χ1v) is 6.96. The van der Waals surface area contributed by atoms with Crippen molar-refractivity contribution in [2.45, 2.75) is 6.92 Å². The molecule has 3 rings (SSSR count). The fraction of sp³-hybridized carbons (Fsp3) is 0.0588. The Bertz CT molecular complexity index is 838. The average molecular weight is 325 g/mol. The summed E-state index contributed by atoms with van der Waals surface area (Å²) in [6.07, 6.45) is 0. The van der Waals surface area contributed by atoms with E-state index in [0.717, 1.165) is 0 Å². The lowest BCUT2D eigenvalue weighted by atomic mass is 10.1. The van der Waals surface area contributed by atoms with Gasteiger partial charge in [0.1, 0.15) is 5.75 Å². The van der Waals surface area contributed by atoms with E-state index in [2.05, 4.69) is 0 Å². The molecule has 2 amide bonds. The monoisotopic (exact) mass is 325 g/mol. The van der Waals surface area contributed by atoms with Crippen molar-refractivity contribution < 1.29 is 28.8 Å². The van der Waals surface area contributed by atoms with E-state index in [1.54, 1.807) is 12.1 Å². The Labute approximate surface area is 136 Å². The molecule has 2 aromatic carbocycles. The molecule has 0 saturated carbocycles. The van der Waals surface area contributed by atoms with Crippen molar-refractivity contribution in [3.05, 3.63) is 65.2 Å². The fourth-order valence-electron chi connectivity index (χ4n) is 2.24. The van der Waals surface area contributed by atoms with Crippen molar-refractivity contribution in [3.63, 3.8) is 0 Å². The van der Waals surface area contributed by atoms with Gasteiger partial charge in [0, 0.05) is 6.92 Å². The highest BCUT2D eigenvalue weighted by Crippen LogP contribution is 2.23. The number of carbonyl (C=O) groups is 4. The first-order valence-electron chi connectivity index (χ1n) is 6.96. The zero-order valence-corrected chi connectivity index (χ0v) is 12.5. The maximum atomic E-state index is 12.2. The highest BCUT2D eigenvalue weighted by Gasteiger charge is 2.38. The van der Waals surface area contributed by atoms with Crippen LogP contribution in [-0.2, 0) is 9.63 Å². The van der Waals surface area contributed by atoms with E-state index in [4.69, 9.17) is 9.57 Å². The van der Waals surface area contributed by atoms with Crippen LogP contribution >= 0.6 is 0 Å². The minimum absolute atomic E-state index is 0.0327. The van der Waals surface area contributed by atoms with Crippen LogP contribution in [0.25, 0.3) is 0 Å². The standard InChI is InChI=1S/C17H11NO6/c1-10(19)23-12-6-4-5-11(9-12)17(22)24-18-15(20)13-7-2-3-8-14(13)16(18)21/h2-9H,1H3. The van der Waals surface area contributed by atoms with E-state index in [0.29, 0.717) is 5.06 Å². The van der Waals surface area contributed by atoms with Gasteiger partial charge in [0.15, 0.2) is 0 Å². The molecular formula is C17H11NO6. The highest BCUT2D eigenvalue weighted by atomic mass is 16.7. The van der Waals surface area contributed by atoms with Gasteiger partial charge in [0.2, 0.25) is 0 Å². The third-order valence-corrected chi connectivity index (χ3v) is 3.26. The molecule has 0 bridgehead atoms. The number of carbonyl (C=O) groups excluding carboxylic acids is 4. The molecule has 2 aromatic rings. The van der Waals surface area contributed by atoms with Gasteiger partial charge in [-0.25, -0.2) is 4.79 Å². The second kappa shape index (κ2) is 5.96. The molecule has 0 saturated heterocycles. The molecule has 0 unspecified atom stereocenters. The molecule has 0 aliphatic carbocycles. The molecule has 24 heavy (non-hydrogen) atoms. The van der Waals surface area contributed by atoms with Gasteiger partial charge in [0.25, 0.3) is 11.8 Å². The predicted octanol–water partition coefficient (Wildman–Crippen LogP) is 1.98. The van der Waals surface area contributed by atoms with Crippen LogP contribution in [0.3, 0.4) is 0 Å². The normalized spacial score (nSPS) is 12.8. The third-order valence-electron chi connectivity index (χ3n) is 3.26. The van der Waals surface area contributed by atoms with Crippen LogP contribution in [-0.4, -0.2) is 28.8 Å². The predicted molar refractivity (Wildman–Crippen MR) is 80.1 cm³/mol. The van der Waals surface area contributed by atoms with Crippen LogP contribution in [0, 0.1) is 0 Å². The average Bonchev–Trinajstić information content (AvgIpc) is 2.80. The molecule has 7 nitrogen and oxygen atoms in total. The lowest BCUT2D eigenvalue weighted by Crippen LogP contribution is -2.32. The summed E-state index contributed by atoms with van der Waals surface area (Å²) in [4.78, 5) is 52.3. The maximum Gasteiger partial charge on any atom is 0.364 e. The van der Waals surface area contributed by atoms with Gasteiger partial charge in [-0.3, -0.25) is 14.4 Å². The van der Waals surface area contributed by atoms with Gasteiger partial charge in [-0.2, -0.15) is 0 Å².